The van der Waals surface area contributed by atoms with Gasteiger partial charge in [-0.1, -0.05) is 0 Å². The van der Waals surface area contributed by atoms with Crippen LogP contribution in [0.4, 0.5) is 10.1 Å². The molecular formula is C10H9ClFN3O. The van der Waals surface area contributed by atoms with Crippen LogP contribution in [0.15, 0.2) is 17.1 Å². The van der Waals surface area contributed by atoms with Gasteiger partial charge < -0.3 is 11.1 Å². The molecule has 0 radical (unpaired) electrons. The number of amides is 1. The van der Waals surface area contributed by atoms with Crippen molar-refractivity contribution in [3.05, 3.63) is 29.1 Å². The van der Waals surface area contributed by atoms with Crippen molar-refractivity contribution in [1.82, 2.24) is 5.32 Å². The summed E-state index contributed by atoms with van der Waals surface area (Å²) in [6, 6.07) is 2.42. The van der Waals surface area contributed by atoms with Gasteiger partial charge in [0.1, 0.15) is 11.7 Å². The molecule has 1 aromatic rings. The predicted octanol–water partition coefficient (Wildman–Crippen LogP) is 1.30. The minimum absolute atomic E-state index is 0.0622. The molecule has 16 heavy (non-hydrogen) atoms. The van der Waals surface area contributed by atoms with Gasteiger partial charge in [-0.15, -0.1) is 11.6 Å². The molecule has 1 aliphatic rings. The van der Waals surface area contributed by atoms with Crippen molar-refractivity contribution in [3.8, 4) is 0 Å². The second kappa shape index (κ2) is 4.09. The first-order valence-corrected chi connectivity index (χ1v) is 5.15. The van der Waals surface area contributed by atoms with Crippen molar-refractivity contribution in [1.29, 1.82) is 0 Å². The lowest BCUT2D eigenvalue weighted by molar-refractivity contribution is 0.0965. The zero-order valence-electron chi connectivity index (χ0n) is 8.26. The van der Waals surface area contributed by atoms with E-state index in [0.717, 1.165) is 0 Å². The van der Waals surface area contributed by atoms with Gasteiger partial charge in [0.25, 0.3) is 5.91 Å². The van der Waals surface area contributed by atoms with Gasteiger partial charge in [-0.3, -0.25) is 4.79 Å². The molecule has 1 heterocycles. The SMILES string of the molecule is NC(CCl)=Nc1cc(F)cc2c1CNC2=O. The first-order chi connectivity index (χ1) is 7.61. The summed E-state index contributed by atoms with van der Waals surface area (Å²) in [4.78, 5) is 15.3. The van der Waals surface area contributed by atoms with Crippen molar-refractivity contribution in [3.63, 3.8) is 0 Å². The van der Waals surface area contributed by atoms with Crippen molar-refractivity contribution in [2.75, 3.05) is 5.88 Å². The minimum Gasteiger partial charge on any atom is -0.386 e. The lowest BCUT2D eigenvalue weighted by atomic mass is 10.1. The van der Waals surface area contributed by atoms with Crippen LogP contribution in [0.25, 0.3) is 0 Å². The highest BCUT2D eigenvalue weighted by atomic mass is 35.5. The van der Waals surface area contributed by atoms with Crippen LogP contribution >= 0.6 is 11.6 Å². The van der Waals surface area contributed by atoms with Gasteiger partial charge in [0, 0.05) is 17.7 Å². The number of rotatable bonds is 2. The average molecular weight is 242 g/mol. The number of aliphatic imine (C=N–C) groups is 1. The molecule has 2 rings (SSSR count). The van der Waals surface area contributed by atoms with E-state index in [0.29, 0.717) is 23.4 Å². The number of alkyl halides is 1. The van der Waals surface area contributed by atoms with Crippen LogP contribution in [-0.4, -0.2) is 17.6 Å². The van der Waals surface area contributed by atoms with Crippen molar-refractivity contribution in [2.45, 2.75) is 6.54 Å². The molecule has 1 aromatic carbocycles. The van der Waals surface area contributed by atoms with Gasteiger partial charge in [0.05, 0.1) is 11.6 Å². The summed E-state index contributed by atoms with van der Waals surface area (Å²) in [5, 5.41) is 2.60. The molecule has 0 aliphatic carbocycles. The van der Waals surface area contributed by atoms with E-state index in [9.17, 15) is 9.18 Å². The Labute approximate surface area is 96.3 Å². The third-order valence-corrected chi connectivity index (χ3v) is 2.54. The molecule has 0 spiro atoms. The molecule has 0 unspecified atom stereocenters. The number of carbonyl (C=O) groups is 1. The molecule has 1 aliphatic heterocycles. The summed E-state index contributed by atoms with van der Waals surface area (Å²) in [6.07, 6.45) is 0. The maximum Gasteiger partial charge on any atom is 0.252 e. The number of nitrogens with zero attached hydrogens (tertiary/aromatic N) is 1. The number of amidine groups is 1. The molecule has 1 amide bonds. The summed E-state index contributed by atoms with van der Waals surface area (Å²) in [5.41, 5.74) is 6.79. The van der Waals surface area contributed by atoms with Crippen LogP contribution < -0.4 is 11.1 Å². The molecular weight excluding hydrogens is 233 g/mol. The molecule has 4 nitrogen and oxygen atoms in total. The van der Waals surface area contributed by atoms with Gasteiger partial charge in [-0.05, 0) is 12.1 Å². The largest absolute Gasteiger partial charge is 0.386 e. The van der Waals surface area contributed by atoms with Crippen LogP contribution in [0.3, 0.4) is 0 Å². The first-order valence-electron chi connectivity index (χ1n) is 4.61. The number of hydrogen-bond donors (Lipinski definition) is 2. The maximum atomic E-state index is 13.2. The number of fused-ring (bicyclic) bond motifs is 1. The number of benzene rings is 1. The summed E-state index contributed by atoms with van der Waals surface area (Å²) in [6.45, 7) is 0.336. The van der Waals surface area contributed by atoms with Crippen molar-refractivity contribution in [2.24, 2.45) is 10.7 Å². The Morgan fingerprint density at radius 2 is 2.38 bits per heavy atom. The van der Waals surface area contributed by atoms with Gasteiger partial charge in [-0.2, -0.15) is 0 Å². The van der Waals surface area contributed by atoms with E-state index in [1.165, 1.54) is 12.1 Å². The molecule has 0 atom stereocenters. The fourth-order valence-corrected chi connectivity index (χ4v) is 1.62. The standard InChI is InChI=1S/C10H9ClFN3O/c11-3-9(13)15-8-2-5(12)1-6-7(8)4-14-10(6)16/h1-2H,3-4H2,(H2,13,15)(H,14,16). The summed E-state index contributed by atoms with van der Waals surface area (Å²) >= 11 is 5.49. The predicted molar refractivity (Wildman–Crippen MR) is 59.6 cm³/mol. The van der Waals surface area contributed by atoms with Gasteiger partial charge in [0.2, 0.25) is 0 Å². The Balaban J connectivity index is 2.55. The van der Waals surface area contributed by atoms with Gasteiger partial charge in [0.15, 0.2) is 0 Å². The number of halogens is 2. The number of nitrogens with one attached hydrogen (secondary N) is 1. The topological polar surface area (TPSA) is 67.5 Å². The fraction of sp³-hybridized carbons (Fsp3) is 0.200. The third-order valence-electron chi connectivity index (χ3n) is 2.26. The summed E-state index contributed by atoms with van der Waals surface area (Å²) < 4.78 is 13.2. The molecule has 84 valence electrons. The Bertz CT molecular complexity index is 487. The smallest absolute Gasteiger partial charge is 0.252 e. The van der Waals surface area contributed by atoms with E-state index in [2.05, 4.69) is 10.3 Å². The Kier molecular flexibility index (Phi) is 2.78. The molecule has 0 saturated heterocycles. The van der Waals surface area contributed by atoms with Gasteiger partial charge in [-0.25, -0.2) is 9.38 Å². The highest BCUT2D eigenvalue weighted by Gasteiger charge is 2.22. The highest BCUT2D eigenvalue weighted by molar-refractivity contribution is 6.28. The van der Waals surface area contributed by atoms with Crippen molar-refractivity contribution < 1.29 is 9.18 Å². The second-order valence-corrected chi connectivity index (χ2v) is 3.64. The number of carbonyl (C=O) groups excluding carboxylic acids is 1. The molecule has 0 fully saturated rings. The Morgan fingerprint density at radius 3 is 3.06 bits per heavy atom. The van der Waals surface area contributed by atoms with E-state index in [1.54, 1.807) is 0 Å². The van der Waals surface area contributed by atoms with E-state index < -0.39 is 5.82 Å². The van der Waals surface area contributed by atoms with Gasteiger partial charge >= 0.3 is 0 Å². The molecule has 0 aromatic heterocycles. The Morgan fingerprint density at radius 1 is 1.62 bits per heavy atom. The van der Waals surface area contributed by atoms with E-state index >= 15 is 0 Å². The van der Waals surface area contributed by atoms with Crippen LogP contribution in [0.1, 0.15) is 15.9 Å². The maximum absolute atomic E-state index is 13.2. The first kappa shape index (κ1) is 10.9. The monoisotopic (exact) mass is 241 g/mol. The third kappa shape index (κ3) is 1.86. The van der Waals surface area contributed by atoms with Crippen LogP contribution in [0, 0.1) is 5.82 Å². The van der Waals surface area contributed by atoms with Crippen LogP contribution in [0.5, 0.6) is 0 Å². The number of hydrogen-bond acceptors (Lipinski definition) is 2. The molecule has 0 bridgehead atoms. The number of nitrogens with two attached hydrogens (primary N) is 1. The van der Waals surface area contributed by atoms with Crippen molar-refractivity contribution >= 4 is 29.0 Å². The van der Waals surface area contributed by atoms with Crippen LogP contribution in [-0.2, 0) is 6.54 Å². The summed E-state index contributed by atoms with van der Waals surface area (Å²) in [7, 11) is 0. The molecule has 6 heteroatoms. The minimum atomic E-state index is -0.517. The van der Waals surface area contributed by atoms with E-state index in [1.807, 2.05) is 0 Å². The molecule has 3 N–H and O–H groups in total. The normalized spacial score (nSPS) is 14.9. The fourth-order valence-electron chi connectivity index (χ4n) is 1.56. The lowest BCUT2D eigenvalue weighted by Crippen LogP contribution is -2.12. The second-order valence-electron chi connectivity index (χ2n) is 3.37. The summed E-state index contributed by atoms with van der Waals surface area (Å²) in [5.74, 6) is -0.562. The quantitative estimate of drug-likeness (QED) is 0.466. The Hall–Kier alpha value is -1.62. The van der Waals surface area contributed by atoms with E-state index in [-0.39, 0.29) is 17.6 Å². The van der Waals surface area contributed by atoms with Crippen LogP contribution in [0.2, 0.25) is 0 Å². The average Bonchev–Trinajstić information content (AvgIpc) is 2.60. The highest BCUT2D eigenvalue weighted by Crippen LogP contribution is 2.28. The zero-order valence-corrected chi connectivity index (χ0v) is 9.01. The van der Waals surface area contributed by atoms with E-state index in [4.69, 9.17) is 17.3 Å². The molecule has 0 saturated carbocycles. The lowest BCUT2D eigenvalue weighted by Gasteiger charge is -2.03. The zero-order chi connectivity index (χ0) is 11.7.